The number of aromatic carboxylic acids is 1. The van der Waals surface area contributed by atoms with Crippen LogP contribution in [-0.2, 0) is 24.3 Å². The topological polar surface area (TPSA) is 84.7 Å². The van der Waals surface area contributed by atoms with E-state index in [0.29, 0.717) is 38.0 Å². The molecule has 1 aromatic heterocycles. The van der Waals surface area contributed by atoms with Gasteiger partial charge in [0.1, 0.15) is 5.75 Å². The zero-order valence-electron chi connectivity index (χ0n) is 15.5. The largest absolute Gasteiger partial charge is 0.497 e. The highest BCUT2D eigenvalue weighted by Gasteiger charge is 2.29. The zero-order valence-corrected chi connectivity index (χ0v) is 16.3. The van der Waals surface area contributed by atoms with Crippen molar-refractivity contribution in [1.82, 2.24) is 14.7 Å². The Bertz CT molecular complexity index is 832. The van der Waals surface area contributed by atoms with E-state index in [-0.39, 0.29) is 11.6 Å². The van der Waals surface area contributed by atoms with E-state index in [1.54, 1.807) is 28.5 Å². The van der Waals surface area contributed by atoms with Gasteiger partial charge in [-0.15, -0.1) is 0 Å². The van der Waals surface area contributed by atoms with E-state index in [0.717, 1.165) is 22.8 Å². The first-order chi connectivity index (χ1) is 13.0. The molecule has 1 amide bonds. The maximum atomic E-state index is 12.3. The molecule has 1 aliphatic rings. The summed E-state index contributed by atoms with van der Waals surface area (Å²) in [5.41, 5.74) is 2.61. The molecule has 0 spiro atoms. The minimum atomic E-state index is -1.06. The van der Waals surface area contributed by atoms with Gasteiger partial charge in [0.25, 0.3) is 0 Å². The van der Waals surface area contributed by atoms with Crippen LogP contribution in [-0.4, -0.2) is 57.3 Å². The predicted molar refractivity (Wildman–Crippen MR) is 103 cm³/mol. The quantitative estimate of drug-likeness (QED) is 0.782. The third-order valence-electron chi connectivity index (χ3n) is 4.70. The van der Waals surface area contributed by atoms with E-state index in [4.69, 9.17) is 4.74 Å². The van der Waals surface area contributed by atoms with E-state index in [1.165, 1.54) is 0 Å². The Labute approximate surface area is 162 Å². The lowest BCUT2D eigenvalue weighted by Crippen LogP contribution is -2.37. The van der Waals surface area contributed by atoms with E-state index in [1.807, 2.05) is 30.5 Å². The lowest BCUT2D eigenvalue weighted by atomic mass is 10.0. The van der Waals surface area contributed by atoms with Crippen molar-refractivity contribution >= 4 is 23.6 Å². The number of nitrogens with zero attached hydrogens (tertiary/aromatic N) is 3. The number of ether oxygens (including phenoxy) is 1. The molecule has 144 valence electrons. The van der Waals surface area contributed by atoms with Crippen molar-refractivity contribution in [2.24, 2.45) is 0 Å². The average molecular weight is 389 g/mol. The summed E-state index contributed by atoms with van der Waals surface area (Å²) in [6, 6.07) is 7.62. The van der Waals surface area contributed by atoms with Crippen LogP contribution in [0.25, 0.3) is 0 Å². The number of methoxy groups -OCH3 is 1. The number of aromatic nitrogens is 2. The third kappa shape index (κ3) is 4.27. The number of benzene rings is 1. The molecule has 2 aromatic rings. The fourth-order valence-electron chi connectivity index (χ4n) is 3.26. The first kappa shape index (κ1) is 19.3. The van der Waals surface area contributed by atoms with Crippen molar-refractivity contribution in [2.75, 3.05) is 25.7 Å². The minimum absolute atomic E-state index is 0.0425. The maximum absolute atomic E-state index is 12.3. The smallest absolute Gasteiger partial charge is 0.356 e. The highest BCUT2D eigenvalue weighted by atomic mass is 32.2. The summed E-state index contributed by atoms with van der Waals surface area (Å²) in [4.78, 5) is 25.7. The van der Waals surface area contributed by atoms with Crippen LogP contribution in [0, 0.1) is 0 Å². The van der Waals surface area contributed by atoms with Crippen LogP contribution in [0.3, 0.4) is 0 Å². The molecular weight excluding hydrogens is 366 g/mol. The van der Waals surface area contributed by atoms with Crippen LogP contribution in [0.2, 0.25) is 0 Å². The summed E-state index contributed by atoms with van der Waals surface area (Å²) >= 11 is 1.63. The van der Waals surface area contributed by atoms with Crippen LogP contribution in [0.5, 0.6) is 5.75 Å². The summed E-state index contributed by atoms with van der Waals surface area (Å²) in [7, 11) is 1.62. The highest BCUT2D eigenvalue weighted by molar-refractivity contribution is 7.98. The second kappa shape index (κ2) is 8.47. The molecule has 8 heteroatoms. The van der Waals surface area contributed by atoms with E-state index in [9.17, 15) is 14.7 Å². The zero-order chi connectivity index (χ0) is 19.4. The van der Waals surface area contributed by atoms with Gasteiger partial charge in [0.2, 0.25) is 5.91 Å². The number of carboxylic acids is 1. The summed E-state index contributed by atoms with van der Waals surface area (Å²) in [6.45, 7) is 1.39. The van der Waals surface area contributed by atoms with Gasteiger partial charge in [-0.1, -0.05) is 12.1 Å². The number of thioether (sulfide) groups is 1. The first-order valence-corrected chi connectivity index (χ1v) is 10.1. The summed E-state index contributed by atoms with van der Waals surface area (Å²) in [5, 5.41) is 13.9. The molecule has 0 bridgehead atoms. The third-order valence-corrected chi connectivity index (χ3v) is 5.31. The summed E-state index contributed by atoms with van der Waals surface area (Å²) in [6.07, 6.45) is 3.04. The minimum Gasteiger partial charge on any atom is -0.497 e. The molecule has 0 fully saturated rings. The first-order valence-electron chi connectivity index (χ1n) is 8.75. The maximum Gasteiger partial charge on any atom is 0.356 e. The van der Waals surface area contributed by atoms with Gasteiger partial charge >= 0.3 is 5.97 Å². The number of carbonyl (C=O) groups is 2. The number of carbonyl (C=O) groups excluding carboxylic acids is 1. The number of hydrogen-bond acceptors (Lipinski definition) is 5. The van der Waals surface area contributed by atoms with Gasteiger partial charge in [0, 0.05) is 42.9 Å². The standard InChI is InChI=1S/C19H23N3O4S/c1-26-14-5-3-13(4-6-14)11-22-16-7-9-21(17(23)8-10-27-2)12-15(16)18(20-22)19(24)25/h3-6H,7-12H2,1-2H3,(H,24,25). The predicted octanol–water partition coefficient (Wildman–Crippen LogP) is 2.28. The molecule has 1 aliphatic heterocycles. The monoisotopic (exact) mass is 389 g/mol. The van der Waals surface area contributed by atoms with Gasteiger partial charge in [-0.3, -0.25) is 9.48 Å². The Morgan fingerprint density at radius 3 is 2.67 bits per heavy atom. The lowest BCUT2D eigenvalue weighted by Gasteiger charge is -2.27. The van der Waals surface area contributed by atoms with Gasteiger partial charge in [-0.2, -0.15) is 16.9 Å². The van der Waals surface area contributed by atoms with Gasteiger partial charge in [-0.05, 0) is 24.0 Å². The summed E-state index contributed by atoms with van der Waals surface area (Å²) in [5.74, 6) is 0.546. The molecule has 0 aliphatic carbocycles. The Balaban J connectivity index is 1.84. The number of fused-ring (bicyclic) bond motifs is 1. The van der Waals surface area contributed by atoms with Gasteiger partial charge < -0.3 is 14.7 Å². The number of hydrogen-bond donors (Lipinski definition) is 1. The van der Waals surface area contributed by atoms with Crippen LogP contribution in [0.15, 0.2) is 24.3 Å². The SMILES string of the molecule is COc1ccc(Cn2nc(C(=O)O)c3c2CCN(C(=O)CCSC)C3)cc1. The van der Waals surface area contributed by atoms with E-state index >= 15 is 0 Å². The van der Waals surface area contributed by atoms with Gasteiger partial charge in [0.05, 0.1) is 13.7 Å². The fraction of sp³-hybridized carbons (Fsp3) is 0.421. The second-order valence-electron chi connectivity index (χ2n) is 6.39. The highest BCUT2D eigenvalue weighted by Crippen LogP contribution is 2.25. The molecule has 7 nitrogen and oxygen atoms in total. The van der Waals surface area contributed by atoms with Gasteiger partial charge in [0.15, 0.2) is 5.69 Å². The van der Waals surface area contributed by atoms with Crippen molar-refractivity contribution in [1.29, 1.82) is 0 Å². The molecule has 2 heterocycles. The molecule has 0 atom stereocenters. The Morgan fingerprint density at radius 1 is 1.30 bits per heavy atom. The molecule has 0 radical (unpaired) electrons. The Morgan fingerprint density at radius 2 is 2.04 bits per heavy atom. The molecule has 27 heavy (non-hydrogen) atoms. The van der Waals surface area contributed by atoms with Crippen LogP contribution < -0.4 is 4.74 Å². The number of rotatable bonds is 7. The Kier molecular flexibility index (Phi) is 6.05. The van der Waals surface area contributed by atoms with E-state index in [2.05, 4.69) is 5.10 Å². The normalized spacial score (nSPS) is 13.3. The van der Waals surface area contributed by atoms with Crippen molar-refractivity contribution < 1.29 is 19.4 Å². The average Bonchev–Trinajstić information content (AvgIpc) is 3.04. The lowest BCUT2D eigenvalue weighted by molar-refractivity contribution is -0.131. The van der Waals surface area contributed by atoms with Crippen LogP contribution in [0.4, 0.5) is 0 Å². The number of carboxylic acid groups (broad SMARTS) is 1. The van der Waals surface area contributed by atoms with Gasteiger partial charge in [-0.25, -0.2) is 4.79 Å². The van der Waals surface area contributed by atoms with Crippen molar-refractivity contribution in [3.63, 3.8) is 0 Å². The Hall–Kier alpha value is -2.48. The molecule has 1 N–H and O–H groups in total. The van der Waals surface area contributed by atoms with Crippen molar-refractivity contribution in [3.8, 4) is 5.75 Å². The molecule has 1 aromatic carbocycles. The van der Waals surface area contributed by atoms with Crippen molar-refractivity contribution in [3.05, 3.63) is 46.8 Å². The second-order valence-corrected chi connectivity index (χ2v) is 7.38. The van der Waals surface area contributed by atoms with Crippen molar-refractivity contribution in [2.45, 2.75) is 25.9 Å². The fourth-order valence-corrected chi connectivity index (χ4v) is 3.64. The summed E-state index contributed by atoms with van der Waals surface area (Å²) < 4.78 is 6.92. The van der Waals surface area contributed by atoms with Crippen LogP contribution in [0.1, 0.15) is 33.7 Å². The molecule has 0 saturated carbocycles. The van der Waals surface area contributed by atoms with E-state index < -0.39 is 5.97 Å². The van der Waals surface area contributed by atoms with Crippen LogP contribution >= 0.6 is 11.8 Å². The molecule has 0 saturated heterocycles. The molecular formula is C19H23N3O4S. The molecule has 0 unspecified atom stereocenters. The molecule has 3 rings (SSSR count). The number of amides is 1.